The molecule has 0 unspecified atom stereocenters. The van der Waals surface area contributed by atoms with Gasteiger partial charge in [-0.15, -0.1) is 0 Å². The van der Waals surface area contributed by atoms with Crippen LogP contribution in [0.4, 0.5) is 26.3 Å². The van der Waals surface area contributed by atoms with Gasteiger partial charge in [0.25, 0.3) is 10.0 Å². The summed E-state index contributed by atoms with van der Waals surface area (Å²) in [4.78, 5) is 12.6. The number of pyridine rings is 1. The van der Waals surface area contributed by atoms with Gasteiger partial charge in [0.2, 0.25) is 0 Å². The molecule has 0 amide bonds. The fourth-order valence-corrected chi connectivity index (χ4v) is 6.13. The van der Waals surface area contributed by atoms with Gasteiger partial charge in [-0.2, -0.15) is 26.3 Å². The second kappa shape index (κ2) is 10.7. The Kier molecular flexibility index (Phi) is 7.87. The molecule has 0 aliphatic carbocycles. The van der Waals surface area contributed by atoms with Gasteiger partial charge in [-0.25, -0.2) is 28.1 Å². The largest absolute Gasteiger partial charge is 0.416 e. The Labute approximate surface area is 223 Å². The summed E-state index contributed by atoms with van der Waals surface area (Å²) in [5.74, 6) is -0.194. The monoisotopic (exact) mass is 589 g/mol. The zero-order chi connectivity index (χ0) is 28.6. The van der Waals surface area contributed by atoms with E-state index in [1.165, 1.54) is 24.0 Å². The number of halogens is 6. The van der Waals surface area contributed by atoms with Crippen LogP contribution >= 0.6 is 11.3 Å². The number of nitrogens with zero attached hydrogens (tertiary/aromatic N) is 4. The molecule has 208 valence electrons. The van der Waals surface area contributed by atoms with Crippen LogP contribution < -0.4 is 4.72 Å². The Hall–Kier alpha value is -3.30. The summed E-state index contributed by atoms with van der Waals surface area (Å²) in [6.07, 6.45) is -5.36. The van der Waals surface area contributed by atoms with Crippen molar-refractivity contribution < 1.29 is 34.8 Å². The number of alkyl halides is 6. The lowest BCUT2D eigenvalue weighted by molar-refractivity contribution is -0.138. The van der Waals surface area contributed by atoms with E-state index < -0.39 is 33.5 Å². The van der Waals surface area contributed by atoms with E-state index in [9.17, 15) is 34.8 Å². The van der Waals surface area contributed by atoms with E-state index in [4.69, 9.17) is 0 Å². The minimum Gasteiger partial charge on any atom is -0.290 e. The number of rotatable bonds is 8. The van der Waals surface area contributed by atoms with Gasteiger partial charge in [0, 0.05) is 18.3 Å². The molecule has 4 rings (SSSR count). The molecule has 3 aromatic heterocycles. The number of sulfonamides is 1. The number of benzene rings is 1. The van der Waals surface area contributed by atoms with E-state index >= 15 is 0 Å². The van der Waals surface area contributed by atoms with Gasteiger partial charge < -0.3 is 0 Å². The molecule has 0 atom stereocenters. The predicted octanol–water partition coefficient (Wildman–Crippen LogP) is 6.48. The van der Waals surface area contributed by atoms with Crippen molar-refractivity contribution in [3.05, 3.63) is 65.7 Å². The van der Waals surface area contributed by atoms with Crippen LogP contribution in [-0.4, -0.2) is 34.5 Å². The highest BCUT2D eigenvalue weighted by molar-refractivity contribution is 7.91. The third-order valence-corrected chi connectivity index (χ3v) is 8.78. The zero-order valence-electron chi connectivity index (χ0n) is 20.4. The first-order chi connectivity index (χ1) is 18.2. The fourth-order valence-electron chi connectivity index (χ4n) is 3.54. The van der Waals surface area contributed by atoms with E-state index in [2.05, 4.69) is 19.7 Å². The van der Waals surface area contributed by atoms with Crippen molar-refractivity contribution in [1.82, 2.24) is 24.2 Å². The van der Waals surface area contributed by atoms with Crippen molar-refractivity contribution >= 4 is 21.4 Å². The first-order valence-electron chi connectivity index (χ1n) is 11.5. The smallest absolute Gasteiger partial charge is 0.290 e. The van der Waals surface area contributed by atoms with Gasteiger partial charge in [-0.1, -0.05) is 36.8 Å². The van der Waals surface area contributed by atoms with Gasteiger partial charge in [0.05, 0.1) is 22.5 Å². The average molecular weight is 590 g/mol. The van der Waals surface area contributed by atoms with Crippen molar-refractivity contribution in [2.75, 3.05) is 6.54 Å². The molecule has 0 aliphatic heterocycles. The van der Waals surface area contributed by atoms with Crippen LogP contribution in [0, 0.1) is 6.92 Å². The summed E-state index contributed by atoms with van der Waals surface area (Å²) in [6, 6.07) is 5.14. The van der Waals surface area contributed by atoms with Crippen molar-refractivity contribution in [3.63, 3.8) is 0 Å². The molecule has 0 saturated heterocycles. The highest BCUT2D eigenvalue weighted by Crippen LogP contribution is 2.35. The SMILES string of the molecule is CCCCNS(=O)(=O)c1sc(-c2cn(-c3cc(C(F)(F)F)cc(-c4ccc(C(F)(F)F)cc4)n3)cn2)nc1C. The molecule has 0 fully saturated rings. The van der Waals surface area contributed by atoms with E-state index in [1.807, 2.05) is 6.92 Å². The van der Waals surface area contributed by atoms with Crippen LogP contribution in [0.3, 0.4) is 0 Å². The summed E-state index contributed by atoms with van der Waals surface area (Å²) >= 11 is 0.867. The Morgan fingerprint density at radius 3 is 2.23 bits per heavy atom. The number of aromatic nitrogens is 4. The molecule has 0 radical (unpaired) electrons. The van der Waals surface area contributed by atoms with Gasteiger partial charge >= 0.3 is 12.4 Å². The van der Waals surface area contributed by atoms with Crippen LogP contribution in [0.2, 0.25) is 0 Å². The Morgan fingerprint density at radius 2 is 1.62 bits per heavy atom. The van der Waals surface area contributed by atoms with Crippen molar-refractivity contribution in [2.45, 2.75) is 43.3 Å². The van der Waals surface area contributed by atoms with Crippen molar-refractivity contribution in [2.24, 2.45) is 0 Å². The molecular formula is C24H21F6N5O2S2. The molecule has 0 bridgehead atoms. The van der Waals surface area contributed by atoms with Gasteiger partial charge in [0.15, 0.2) is 4.21 Å². The molecule has 3 heterocycles. The third kappa shape index (κ3) is 6.47. The van der Waals surface area contributed by atoms with E-state index in [-0.39, 0.29) is 44.2 Å². The molecule has 0 saturated carbocycles. The number of nitrogens with one attached hydrogen (secondary N) is 1. The molecule has 0 aliphatic rings. The summed E-state index contributed by atoms with van der Waals surface area (Å²) in [5, 5.41) is 0.233. The topological polar surface area (TPSA) is 89.8 Å². The van der Waals surface area contributed by atoms with Gasteiger partial charge in [-0.05, 0) is 37.6 Å². The van der Waals surface area contributed by atoms with Gasteiger partial charge in [0.1, 0.15) is 22.8 Å². The number of hydrogen-bond donors (Lipinski definition) is 1. The molecule has 1 aromatic carbocycles. The fraction of sp³-hybridized carbons (Fsp3) is 0.292. The lowest BCUT2D eigenvalue weighted by atomic mass is 10.1. The Bertz CT molecular complexity index is 1580. The van der Waals surface area contributed by atoms with Crippen LogP contribution in [0.1, 0.15) is 36.6 Å². The summed E-state index contributed by atoms with van der Waals surface area (Å²) in [5.41, 5.74) is -1.70. The summed E-state index contributed by atoms with van der Waals surface area (Å²) in [6.45, 7) is 3.71. The lowest BCUT2D eigenvalue weighted by Crippen LogP contribution is -2.24. The molecule has 4 aromatic rings. The molecule has 15 heteroatoms. The second-order valence-corrected chi connectivity index (χ2v) is 11.4. The molecule has 1 N–H and O–H groups in total. The summed E-state index contributed by atoms with van der Waals surface area (Å²) < 4.78 is 109. The average Bonchev–Trinajstić information content (AvgIpc) is 3.50. The van der Waals surface area contributed by atoms with Crippen LogP contribution in [-0.2, 0) is 22.4 Å². The maximum absolute atomic E-state index is 13.7. The predicted molar refractivity (Wildman–Crippen MR) is 133 cm³/mol. The quantitative estimate of drug-likeness (QED) is 0.188. The van der Waals surface area contributed by atoms with Crippen molar-refractivity contribution in [1.29, 1.82) is 0 Å². The Balaban J connectivity index is 1.70. The Morgan fingerprint density at radius 1 is 0.949 bits per heavy atom. The summed E-state index contributed by atoms with van der Waals surface area (Å²) in [7, 11) is -3.80. The van der Waals surface area contributed by atoms with E-state index in [0.717, 1.165) is 54.2 Å². The molecule has 0 spiro atoms. The molecule has 7 nitrogen and oxygen atoms in total. The standard InChI is InChI=1S/C24H21F6N5O2S2/c1-3-4-9-32-39(36,37)22-14(2)33-21(38-22)19-12-35(13-31-19)20-11-17(24(28,29)30)10-18(34-20)15-5-7-16(8-6-15)23(25,26)27/h5-8,10-13,32H,3-4,9H2,1-2H3. The van der Waals surface area contributed by atoms with Crippen LogP contribution in [0.5, 0.6) is 0 Å². The van der Waals surface area contributed by atoms with Crippen LogP contribution in [0.15, 0.2) is 53.1 Å². The molecular weight excluding hydrogens is 568 g/mol. The minimum absolute atomic E-state index is 0.00457. The second-order valence-electron chi connectivity index (χ2n) is 8.48. The zero-order valence-corrected chi connectivity index (χ0v) is 22.1. The number of imidazole rings is 1. The van der Waals surface area contributed by atoms with E-state index in [1.54, 1.807) is 0 Å². The number of unbranched alkanes of at least 4 members (excludes halogenated alkanes) is 1. The van der Waals surface area contributed by atoms with Gasteiger partial charge in [-0.3, -0.25) is 4.57 Å². The van der Waals surface area contributed by atoms with Crippen LogP contribution in [0.25, 0.3) is 27.8 Å². The number of thiazole rings is 1. The number of hydrogen-bond acceptors (Lipinski definition) is 6. The third-order valence-electron chi connectivity index (χ3n) is 5.53. The maximum Gasteiger partial charge on any atom is 0.416 e. The lowest BCUT2D eigenvalue weighted by Gasteiger charge is -2.13. The minimum atomic E-state index is -4.76. The highest BCUT2D eigenvalue weighted by atomic mass is 32.2. The normalized spacial score (nSPS) is 12.7. The number of aryl methyl sites for hydroxylation is 1. The first kappa shape index (κ1) is 28.7. The molecule has 39 heavy (non-hydrogen) atoms. The maximum atomic E-state index is 13.7. The van der Waals surface area contributed by atoms with E-state index in [0.29, 0.717) is 6.42 Å². The highest BCUT2D eigenvalue weighted by Gasteiger charge is 2.33. The first-order valence-corrected chi connectivity index (χ1v) is 13.8. The van der Waals surface area contributed by atoms with Crippen molar-refractivity contribution in [3.8, 4) is 27.8 Å².